The van der Waals surface area contributed by atoms with Gasteiger partial charge < -0.3 is 15.3 Å². The Labute approximate surface area is 259 Å². The molecule has 0 saturated carbocycles. The molecule has 0 amide bonds. The third kappa shape index (κ3) is 21.2. The Morgan fingerprint density at radius 1 is 0.548 bits per heavy atom. The van der Waals surface area contributed by atoms with Gasteiger partial charge in [0.15, 0.2) is 11.6 Å². The highest BCUT2D eigenvalue weighted by atomic mass is 16.4. The topological polar surface area (TPSA) is 94.8 Å². The largest absolute Gasteiger partial charge is 0.394 e. The molecule has 3 N–H and O–H groups in total. The van der Waals surface area contributed by atoms with E-state index < -0.39 is 29.9 Å². The van der Waals surface area contributed by atoms with Gasteiger partial charge in [0.1, 0.15) is 6.10 Å². The molecule has 0 heterocycles. The van der Waals surface area contributed by atoms with Crippen molar-refractivity contribution in [1.82, 2.24) is 0 Å². The van der Waals surface area contributed by atoms with Gasteiger partial charge in [-0.2, -0.15) is 0 Å². The number of allylic oxidation sites excluding steroid dienone is 6. The first-order valence-corrected chi connectivity index (χ1v) is 17.5. The highest BCUT2D eigenvalue weighted by Gasteiger charge is 2.48. The standard InChI is InChI=1S/C37H66O5/c1-3-5-7-9-11-13-15-17-18-20-22-24-26-28-30-32-35(40)37(42,36(41)33-38)34(39)31-29-27-25-23-21-19-16-14-12-10-8-6-4-2/h11,13-14,16-18,36,38,41-42H,3-10,12,15,19-33H2,1-2H3/b13-11-,16-14-,18-17-. The van der Waals surface area contributed by atoms with Crippen LogP contribution in [0.2, 0.25) is 0 Å². The van der Waals surface area contributed by atoms with Crippen LogP contribution < -0.4 is 0 Å². The molecule has 0 radical (unpaired) electrons. The zero-order valence-electron chi connectivity index (χ0n) is 27.4. The number of carbonyl (C=O) groups is 2. The fourth-order valence-corrected chi connectivity index (χ4v) is 5.14. The minimum Gasteiger partial charge on any atom is -0.394 e. The van der Waals surface area contributed by atoms with E-state index in [1.807, 2.05) is 0 Å². The number of aliphatic hydroxyl groups excluding tert-OH is 2. The maximum absolute atomic E-state index is 12.8. The quantitative estimate of drug-likeness (QED) is 0.0425. The second-order valence-electron chi connectivity index (χ2n) is 11.9. The van der Waals surface area contributed by atoms with Crippen molar-refractivity contribution in [3.8, 4) is 0 Å². The van der Waals surface area contributed by atoms with Gasteiger partial charge in [-0.05, 0) is 70.6 Å². The van der Waals surface area contributed by atoms with Crippen molar-refractivity contribution in [2.24, 2.45) is 0 Å². The minimum atomic E-state index is -2.49. The molecule has 0 aliphatic heterocycles. The van der Waals surface area contributed by atoms with Gasteiger partial charge in [-0.3, -0.25) is 9.59 Å². The molecule has 5 nitrogen and oxygen atoms in total. The van der Waals surface area contributed by atoms with Crippen molar-refractivity contribution in [2.45, 2.75) is 180 Å². The van der Waals surface area contributed by atoms with Crippen molar-refractivity contribution in [3.05, 3.63) is 36.5 Å². The van der Waals surface area contributed by atoms with Gasteiger partial charge in [0.25, 0.3) is 0 Å². The van der Waals surface area contributed by atoms with Crippen molar-refractivity contribution >= 4 is 11.6 Å². The lowest BCUT2D eigenvalue weighted by molar-refractivity contribution is -0.166. The molecule has 0 fully saturated rings. The predicted molar refractivity (Wildman–Crippen MR) is 178 cm³/mol. The van der Waals surface area contributed by atoms with Crippen molar-refractivity contribution in [1.29, 1.82) is 0 Å². The van der Waals surface area contributed by atoms with E-state index in [4.69, 9.17) is 0 Å². The van der Waals surface area contributed by atoms with Crippen LogP contribution in [-0.4, -0.2) is 45.2 Å². The molecule has 0 saturated heterocycles. The number of ketones is 2. The van der Waals surface area contributed by atoms with E-state index in [-0.39, 0.29) is 12.8 Å². The maximum atomic E-state index is 12.8. The average Bonchev–Trinajstić information content (AvgIpc) is 3.00. The monoisotopic (exact) mass is 590 g/mol. The van der Waals surface area contributed by atoms with Crippen LogP contribution in [0.15, 0.2) is 36.5 Å². The number of aliphatic hydroxyl groups is 3. The third-order valence-corrected chi connectivity index (χ3v) is 8.03. The first-order chi connectivity index (χ1) is 20.4. The van der Waals surface area contributed by atoms with Crippen LogP contribution in [0.3, 0.4) is 0 Å². The number of rotatable bonds is 31. The summed E-state index contributed by atoms with van der Waals surface area (Å²) in [5.74, 6) is -1.33. The van der Waals surface area contributed by atoms with E-state index >= 15 is 0 Å². The predicted octanol–water partition coefficient (Wildman–Crippen LogP) is 9.28. The molecular weight excluding hydrogens is 524 g/mol. The summed E-state index contributed by atoms with van der Waals surface area (Å²) in [4.78, 5) is 25.6. The van der Waals surface area contributed by atoms with E-state index in [0.29, 0.717) is 12.8 Å². The second kappa shape index (κ2) is 29.5. The van der Waals surface area contributed by atoms with Crippen LogP contribution in [0.25, 0.3) is 0 Å². The molecule has 2 atom stereocenters. The summed E-state index contributed by atoms with van der Waals surface area (Å²) in [7, 11) is 0. The summed E-state index contributed by atoms with van der Waals surface area (Å²) in [5, 5.41) is 30.5. The molecule has 42 heavy (non-hydrogen) atoms. The SMILES string of the molecule is CCCCC/C=C\C/C=C\CCCCCCCC(=O)C(O)(C(=O)CCCCCCC/C=C\CCCCCC)C(O)CO. The van der Waals surface area contributed by atoms with E-state index in [1.54, 1.807) is 0 Å². The van der Waals surface area contributed by atoms with Crippen molar-refractivity contribution in [2.75, 3.05) is 6.61 Å². The lowest BCUT2D eigenvalue weighted by Crippen LogP contribution is -2.57. The Kier molecular flexibility index (Phi) is 28.4. The van der Waals surface area contributed by atoms with Gasteiger partial charge in [0.2, 0.25) is 5.60 Å². The van der Waals surface area contributed by atoms with Gasteiger partial charge in [0.05, 0.1) is 6.61 Å². The van der Waals surface area contributed by atoms with E-state index in [2.05, 4.69) is 50.3 Å². The highest BCUT2D eigenvalue weighted by Crippen LogP contribution is 2.22. The summed E-state index contributed by atoms with van der Waals surface area (Å²) in [6.07, 6.45) is 35.5. The molecule has 0 aromatic carbocycles. The molecule has 0 aromatic rings. The second-order valence-corrected chi connectivity index (χ2v) is 11.9. The summed E-state index contributed by atoms with van der Waals surface area (Å²) in [6.45, 7) is 3.63. The molecule has 0 aliphatic carbocycles. The molecule has 244 valence electrons. The number of hydrogen-bond acceptors (Lipinski definition) is 5. The lowest BCUT2D eigenvalue weighted by Gasteiger charge is -2.29. The molecule has 0 aliphatic rings. The third-order valence-electron chi connectivity index (χ3n) is 8.03. The Hall–Kier alpha value is -1.56. The highest BCUT2D eigenvalue weighted by molar-refractivity contribution is 6.10. The summed E-state index contributed by atoms with van der Waals surface area (Å²) in [5.41, 5.74) is -2.49. The molecule has 0 rings (SSSR count). The normalized spacial score (nSPS) is 14.3. The Balaban J connectivity index is 4.09. The van der Waals surface area contributed by atoms with E-state index in [0.717, 1.165) is 70.6 Å². The first kappa shape index (κ1) is 40.4. The average molecular weight is 591 g/mol. The van der Waals surface area contributed by atoms with Crippen LogP contribution in [0.4, 0.5) is 0 Å². The van der Waals surface area contributed by atoms with Gasteiger partial charge in [-0.1, -0.05) is 121 Å². The molecule has 5 heteroatoms. The summed E-state index contributed by atoms with van der Waals surface area (Å²) >= 11 is 0. The maximum Gasteiger partial charge on any atom is 0.209 e. The van der Waals surface area contributed by atoms with Crippen LogP contribution in [-0.2, 0) is 9.59 Å². The fourth-order valence-electron chi connectivity index (χ4n) is 5.14. The fraction of sp³-hybridized carbons (Fsp3) is 0.784. The minimum absolute atomic E-state index is 0.0376. The number of carbonyl (C=O) groups excluding carboxylic acids is 2. The van der Waals surface area contributed by atoms with Crippen molar-refractivity contribution < 1.29 is 24.9 Å². The van der Waals surface area contributed by atoms with Crippen LogP contribution >= 0.6 is 0 Å². The van der Waals surface area contributed by atoms with E-state index in [9.17, 15) is 24.9 Å². The van der Waals surface area contributed by atoms with Gasteiger partial charge in [-0.15, -0.1) is 0 Å². The zero-order valence-corrected chi connectivity index (χ0v) is 27.4. The van der Waals surface area contributed by atoms with Gasteiger partial charge in [0, 0.05) is 12.8 Å². The van der Waals surface area contributed by atoms with Crippen LogP contribution in [0.5, 0.6) is 0 Å². The molecule has 2 unspecified atom stereocenters. The number of hydrogen-bond donors (Lipinski definition) is 3. The van der Waals surface area contributed by atoms with Gasteiger partial charge >= 0.3 is 0 Å². The summed E-state index contributed by atoms with van der Waals surface area (Å²) in [6, 6.07) is 0. The Morgan fingerprint density at radius 3 is 1.31 bits per heavy atom. The smallest absolute Gasteiger partial charge is 0.209 e. The van der Waals surface area contributed by atoms with Crippen LogP contribution in [0, 0.1) is 0 Å². The molecule has 0 aromatic heterocycles. The first-order valence-electron chi connectivity index (χ1n) is 17.5. The van der Waals surface area contributed by atoms with Crippen LogP contribution in [0.1, 0.15) is 168 Å². The van der Waals surface area contributed by atoms with E-state index in [1.165, 1.54) is 57.8 Å². The molecular formula is C37H66O5. The molecule has 0 bridgehead atoms. The Bertz CT molecular complexity index is 726. The molecule has 0 spiro atoms. The lowest BCUT2D eigenvalue weighted by atomic mass is 9.82. The van der Waals surface area contributed by atoms with Gasteiger partial charge in [-0.25, -0.2) is 0 Å². The zero-order chi connectivity index (χ0) is 31.2. The van der Waals surface area contributed by atoms with Crippen molar-refractivity contribution in [3.63, 3.8) is 0 Å². The number of unbranched alkanes of at least 4 members (excludes halogenated alkanes) is 17. The number of Topliss-reactive ketones (excluding diaryl/α,β-unsaturated/α-hetero) is 2. The Morgan fingerprint density at radius 2 is 0.881 bits per heavy atom. The summed E-state index contributed by atoms with van der Waals surface area (Å²) < 4.78 is 0.